The van der Waals surface area contributed by atoms with Gasteiger partial charge >= 0.3 is 0 Å². The average Bonchev–Trinajstić information content (AvgIpc) is 3.51. The van der Waals surface area contributed by atoms with Crippen molar-refractivity contribution in [3.63, 3.8) is 0 Å². The molecular weight excluding hydrogens is 364 g/mol. The summed E-state index contributed by atoms with van der Waals surface area (Å²) >= 11 is 0. The van der Waals surface area contributed by atoms with Crippen molar-refractivity contribution in [3.05, 3.63) is 53.6 Å². The van der Waals surface area contributed by atoms with Gasteiger partial charge in [0.15, 0.2) is 0 Å². The van der Waals surface area contributed by atoms with Crippen LogP contribution in [0.3, 0.4) is 0 Å². The molecule has 0 bridgehead atoms. The molecule has 1 heterocycles. The third-order valence-corrected chi connectivity index (χ3v) is 6.81. The molecule has 1 saturated carbocycles. The Morgan fingerprint density at radius 1 is 1.19 bits per heavy atom. The highest BCUT2D eigenvalue weighted by Crippen LogP contribution is 2.35. The van der Waals surface area contributed by atoms with Crippen LogP contribution in [0, 0.1) is 0 Å². The standard InChI is InChI=1S/C20H22N2O4S/c1-26-18-11-8-15(20(23)21-16-9-10-16)13-19(18)27(24,25)22-12-4-6-14-5-2-3-7-17(14)22/h2-3,5,7-8,11,13,16H,4,6,9-10,12H2,1H3,(H,21,23). The highest BCUT2D eigenvalue weighted by Gasteiger charge is 2.32. The average molecular weight is 386 g/mol. The first-order chi connectivity index (χ1) is 13.0. The van der Waals surface area contributed by atoms with Gasteiger partial charge in [-0.05, 0) is 55.5 Å². The third-order valence-electron chi connectivity index (χ3n) is 4.97. The summed E-state index contributed by atoms with van der Waals surface area (Å²) in [5, 5.41) is 2.89. The van der Waals surface area contributed by atoms with E-state index in [1.165, 1.54) is 17.5 Å². The quantitative estimate of drug-likeness (QED) is 0.857. The number of fused-ring (bicyclic) bond motifs is 1. The van der Waals surface area contributed by atoms with Crippen LogP contribution in [0.5, 0.6) is 5.75 Å². The van der Waals surface area contributed by atoms with Gasteiger partial charge in [-0.1, -0.05) is 18.2 Å². The molecule has 1 aliphatic carbocycles. The summed E-state index contributed by atoms with van der Waals surface area (Å²) in [6.45, 7) is 0.404. The molecule has 7 heteroatoms. The van der Waals surface area contributed by atoms with Gasteiger partial charge in [0.2, 0.25) is 0 Å². The van der Waals surface area contributed by atoms with E-state index in [4.69, 9.17) is 4.74 Å². The summed E-state index contributed by atoms with van der Waals surface area (Å²) in [5.74, 6) is -0.0170. The van der Waals surface area contributed by atoms with E-state index in [0.29, 0.717) is 17.8 Å². The highest BCUT2D eigenvalue weighted by atomic mass is 32.2. The van der Waals surface area contributed by atoms with Crippen molar-refractivity contribution in [1.82, 2.24) is 5.32 Å². The molecule has 4 rings (SSSR count). The number of ether oxygens (including phenoxy) is 1. The minimum Gasteiger partial charge on any atom is -0.495 e. The Hall–Kier alpha value is -2.54. The summed E-state index contributed by atoms with van der Waals surface area (Å²) in [5.41, 5.74) is 2.03. The van der Waals surface area contributed by atoms with E-state index in [9.17, 15) is 13.2 Å². The number of para-hydroxylation sites is 1. The van der Waals surface area contributed by atoms with Gasteiger partial charge in [-0.25, -0.2) is 8.42 Å². The first kappa shape index (κ1) is 17.9. The van der Waals surface area contributed by atoms with Crippen LogP contribution in [0.4, 0.5) is 5.69 Å². The lowest BCUT2D eigenvalue weighted by Gasteiger charge is -2.31. The summed E-state index contributed by atoms with van der Waals surface area (Å²) in [6, 6.07) is 12.3. The largest absolute Gasteiger partial charge is 0.495 e. The lowest BCUT2D eigenvalue weighted by Crippen LogP contribution is -2.36. The van der Waals surface area contributed by atoms with Crippen LogP contribution >= 0.6 is 0 Å². The molecule has 2 aromatic carbocycles. The van der Waals surface area contributed by atoms with Crippen LogP contribution in [0.25, 0.3) is 0 Å². The Balaban J connectivity index is 1.75. The predicted octanol–water partition coefficient (Wildman–Crippen LogP) is 2.73. The molecule has 6 nitrogen and oxygen atoms in total. The fraction of sp³-hybridized carbons (Fsp3) is 0.350. The van der Waals surface area contributed by atoms with Gasteiger partial charge in [-0.3, -0.25) is 9.10 Å². The van der Waals surface area contributed by atoms with Crippen molar-refractivity contribution in [1.29, 1.82) is 0 Å². The van der Waals surface area contributed by atoms with Gasteiger partial charge < -0.3 is 10.1 Å². The number of sulfonamides is 1. The minimum absolute atomic E-state index is 0.0187. The molecular formula is C20H22N2O4S. The fourth-order valence-electron chi connectivity index (χ4n) is 3.38. The third kappa shape index (κ3) is 3.39. The van der Waals surface area contributed by atoms with E-state index >= 15 is 0 Å². The molecule has 0 radical (unpaired) electrons. The molecule has 0 atom stereocenters. The number of rotatable bonds is 5. The number of nitrogens with one attached hydrogen (secondary N) is 1. The van der Waals surface area contributed by atoms with Crippen molar-refractivity contribution in [2.24, 2.45) is 0 Å². The molecule has 1 N–H and O–H groups in total. The smallest absolute Gasteiger partial charge is 0.268 e. The van der Waals surface area contributed by atoms with Crippen LogP contribution in [-0.2, 0) is 16.4 Å². The molecule has 2 aliphatic rings. The first-order valence-electron chi connectivity index (χ1n) is 9.10. The molecule has 0 saturated heterocycles. The van der Waals surface area contributed by atoms with Crippen LogP contribution in [0.15, 0.2) is 47.4 Å². The van der Waals surface area contributed by atoms with Crippen molar-refractivity contribution < 1.29 is 17.9 Å². The van der Waals surface area contributed by atoms with E-state index < -0.39 is 10.0 Å². The zero-order valence-corrected chi connectivity index (χ0v) is 16.0. The second-order valence-electron chi connectivity index (χ2n) is 6.92. The molecule has 0 unspecified atom stereocenters. The molecule has 1 amide bonds. The van der Waals surface area contributed by atoms with E-state index in [1.807, 2.05) is 24.3 Å². The van der Waals surface area contributed by atoms with Crippen molar-refractivity contribution in [3.8, 4) is 5.75 Å². The van der Waals surface area contributed by atoms with Gasteiger partial charge in [-0.15, -0.1) is 0 Å². The van der Waals surface area contributed by atoms with Crippen molar-refractivity contribution >= 4 is 21.6 Å². The molecule has 27 heavy (non-hydrogen) atoms. The number of nitrogens with zero attached hydrogens (tertiary/aromatic N) is 1. The van der Waals surface area contributed by atoms with Crippen molar-refractivity contribution in [2.45, 2.75) is 36.6 Å². The predicted molar refractivity (Wildman–Crippen MR) is 103 cm³/mol. The number of amides is 1. The Kier molecular flexibility index (Phi) is 4.55. The zero-order valence-electron chi connectivity index (χ0n) is 15.1. The molecule has 1 fully saturated rings. The van der Waals surface area contributed by atoms with E-state index in [1.54, 1.807) is 12.1 Å². The van der Waals surface area contributed by atoms with Gasteiger partial charge in [0.1, 0.15) is 10.6 Å². The maximum atomic E-state index is 13.5. The summed E-state index contributed by atoms with van der Waals surface area (Å²) < 4.78 is 33.6. The lowest BCUT2D eigenvalue weighted by atomic mass is 10.0. The molecule has 1 aliphatic heterocycles. The Morgan fingerprint density at radius 3 is 2.70 bits per heavy atom. The number of anilines is 1. The molecule has 2 aromatic rings. The van der Waals surface area contributed by atoms with Gasteiger partial charge in [0.05, 0.1) is 12.8 Å². The Bertz CT molecular complexity index is 983. The van der Waals surface area contributed by atoms with E-state index in [0.717, 1.165) is 31.2 Å². The SMILES string of the molecule is COc1ccc(C(=O)NC2CC2)cc1S(=O)(=O)N1CCCc2ccccc21. The first-order valence-corrected chi connectivity index (χ1v) is 10.5. The van der Waals surface area contributed by atoms with Crippen LogP contribution in [0.1, 0.15) is 35.2 Å². The normalized spacial score (nSPS) is 16.6. The number of hydrogen-bond donors (Lipinski definition) is 1. The summed E-state index contributed by atoms with van der Waals surface area (Å²) in [7, 11) is -2.43. The van der Waals surface area contributed by atoms with Crippen LogP contribution in [0.2, 0.25) is 0 Å². The number of aryl methyl sites for hydroxylation is 1. The maximum Gasteiger partial charge on any atom is 0.268 e. The fourth-order valence-corrected chi connectivity index (χ4v) is 5.11. The number of carbonyl (C=O) groups excluding carboxylic acids is 1. The molecule has 0 spiro atoms. The number of carbonyl (C=O) groups is 1. The second kappa shape index (κ2) is 6.88. The zero-order chi connectivity index (χ0) is 19.0. The van der Waals surface area contributed by atoms with Crippen LogP contribution in [-0.4, -0.2) is 34.0 Å². The van der Waals surface area contributed by atoms with E-state index in [2.05, 4.69) is 5.32 Å². The van der Waals surface area contributed by atoms with Gasteiger partial charge in [0, 0.05) is 18.2 Å². The topological polar surface area (TPSA) is 75.7 Å². The maximum absolute atomic E-state index is 13.5. The summed E-state index contributed by atoms with van der Waals surface area (Å²) in [6.07, 6.45) is 3.54. The van der Waals surface area contributed by atoms with E-state index in [-0.39, 0.29) is 22.6 Å². The summed E-state index contributed by atoms with van der Waals surface area (Å²) in [4.78, 5) is 12.4. The Morgan fingerprint density at radius 2 is 1.96 bits per heavy atom. The minimum atomic E-state index is -3.86. The van der Waals surface area contributed by atoms with Crippen LogP contribution < -0.4 is 14.4 Å². The number of hydrogen-bond acceptors (Lipinski definition) is 4. The highest BCUT2D eigenvalue weighted by molar-refractivity contribution is 7.93. The monoisotopic (exact) mass is 386 g/mol. The number of benzene rings is 2. The van der Waals surface area contributed by atoms with Gasteiger partial charge in [-0.2, -0.15) is 0 Å². The number of methoxy groups -OCH3 is 1. The Labute approximate surface area is 159 Å². The molecule has 142 valence electrons. The van der Waals surface area contributed by atoms with Gasteiger partial charge in [0.25, 0.3) is 15.9 Å². The second-order valence-corrected chi connectivity index (χ2v) is 8.75. The van der Waals surface area contributed by atoms with Crippen molar-refractivity contribution in [2.75, 3.05) is 18.0 Å². The molecule has 0 aromatic heterocycles. The lowest BCUT2D eigenvalue weighted by molar-refractivity contribution is 0.0951.